The number of aliphatic carboxylic acids is 1. The van der Waals surface area contributed by atoms with Crippen molar-refractivity contribution < 1.29 is 38.4 Å². The van der Waals surface area contributed by atoms with Crippen LogP contribution in [0.25, 0.3) is 17.5 Å². The molecule has 2 N–H and O–H groups in total. The number of halogens is 1. The molecule has 4 rings (SSSR count). The zero-order chi connectivity index (χ0) is 27.9. The molecule has 0 amide bonds. The molecule has 0 aliphatic heterocycles. The molecule has 39 heavy (non-hydrogen) atoms. The predicted octanol–water partition coefficient (Wildman–Crippen LogP) is 6.01. The van der Waals surface area contributed by atoms with Gasteiger partial charge in [0.25, 0.3) is 5.22 Å². The third-order valence-corrected chi connectivity index (χ3v) is 6.73. The maximum absolute atomic E-state index is 11.9. The van der Waals surface area contributed by atoms with Gasteiger partial charge < -0.3 is 28.8 Å². The van der Waals surface area contributed by atoms with Gasteiger partial charge in [0.05, 0.1) is 24.3 Å². The molecule has 0 unspecified atom stereocenters. The van der Waals surface area contributed by atoms with Crippen molar-refractivity contribution in [2.45, 2.75) is 11.8 Å². The molecule has 0 aliphatic carbocycles. The summed E-state index contributed by atoms with van der Waals surface area (Å²) < 4.78 is 22.6. The lowest BCUT2D eigenvalue weighted by molar-refractivity contribution is -0.131. The molecule has 10 nitrogen and oxygen atoms in total. The second kappa shape index (κ2) is 12.5. The zero-order valence-corrected chi connectivity index (χ0v) is 23.0. The summed E-state index contributed by atoms with van der Waals surface area (Å²) >= 11 is 4.27. The Hall–Kier alpha value is -4.29. The summed E-state index contributed by atoms with van der Waals surface area (Å²) in [5.74, 6) is -0.363. The molecule has 0 bridgehead atoms. The van der Waals surface area contributed by atoms with Gasteiger partial charge in [-0.25, -0.2) is 9.59 Å². The molecule has 0 saturated heterocycles. The molecule has 1 heterocycles. The molecule has 200 valence electrons. The van der Waals surface area contributed by atoms with Crippen LogP contribution < -0.4 is 14.2 Å². The summed E-state index contributed by atoms with van der Waals surface area (Å²) in [5.41, 5.74) is 2.15. The number of rotatable bonds is 11. The highest BCUT2D eigenvalue weighted by atomic mass is 79.9. The second-order valence-corrected chi connectivity index (χ2v) is 9.72. The lowest BCUT2D eigenvalue weighted by Crippen LogP contribution is -1.99. The van der Waals surface area contributed by atoms with Gasteiger partial charge in [0.1, 0.15) is 28.8 Å². The Labute approximate surface area is 235 Å². The number of thioether (sulfide) groups is 1. The summed E-state index contributed by atoms with van der Waals surface area (Å²) in [6.45, 7) is 0.225. The summed E-state index contributed by atoms with van der Waals surface area (Å²) in [7, 11) is 3.05. The summed E-state index contributed by atoms with van der Waals surface area (Å²) in [6.07, 6.45) is 1.48. The smallest absolute Gasteiger partial charge is 0.342 e. The van der Waals surface area contributed by atoms with Gasteiger partial charge in [-0.05, 0) is 81.3 Å². The first-order valence-corrected chi connectivity index (χ1v) is 12.8. The van der Waals surface area contributed by atoms with Gasteiger partial charge in [-0.15, -0.1) is 10.2 Å². The Morgan fingerprint density at radius 1 is 0.974 bits per heavy atom. The van der Waals surface area contributed by atoms with E-state index in [0.29, 0.717) is 32.8 Å². The van der Waals surface area contributed by atoms with Crippen molar-refractivity contribution in [2.24, 2.45) is 0 Å². The Kier molecular flexibility index (Phi) is 8.89. The van der Waals surface area contributed by atoms with Crippen LogP contribution in [0.1, 0.15) is 21.5 Å². The Bertz CT molecular complexity index is 1510. The van der Waals surface area contributed by atoms with E-state index >= 15 is 0 Å². The van der Waals surface area contributed by atoms with Crippen LogP contribution in [0.2, 0.25) is 0 Å². The van der Waals surface area contributed by atoms with Crippen molar-refractivity contribution in [2.75, 3.05) is 14.2 Å². The number of nitrogens with zero attached hydrogens (tertiary/aromatic N) is 2. The first kappa shape index (κ1) is 27.7. The highest BCUT2D eigenvalue weighted by Gasteiger charge is 2.17. The minimum Gasteiger partial charge on any atom is -0.497 e. The third kappa shape index (κ3) is 7.18. The van der Waals surface area contributed by atoms with Gasteiger partial charge in [-0.1, -0.05) is 18.2 Å². The monoisotopic (exact) mass is 612 g/mol. The van der Waals surface area contributed by atoms with E-state index in [1.165, 1.54) is 32.4 Å². The standard InChI is InChI=1S/C27H21BrN2O8S/c1-35-19-11-18(12-20(13-19)36-2)24-29-30-27(38-24)39-23(26(33)34)10-16-5-8-22(21(28)9-16)37-14-15-3-6-17(7-4-15)25(31)32/h3-13H,14H2,1-2H3,(H,31,32)(H,33,34)/b23-10-. The van der Waals surface area contributed by atoms with Crippen LogP contribution in [0.3, 0.4) is 0 Å². The van der Waals surface area contributed by atoms with E-state index in [-0.39, 0.29) is 28.2 Å². The van der Waals surface area contributed by atoms with Crippen molar-refractivity contribution in [3.63, 3.8) is 0 Å². The van der Waals surface area contributed by atoms with Crippen molar-refractivity contribution in [1.82, 2.24) is 10.2 Å². The molecule has 0 atom stereocenters. The first-order valence-electron chi connectivity index (χ1n) is 11.2. The number of aromatic nitrogens is 2. The third-order valence-electron chi connectivity index (χ3n) is 5.26. The Balaban J connectivity index is 1.47. The van der Waals surface area contributed by atoms with Crippen LogP contribution >= 0.6 is 27.7 Å². The molecule has 0 aliphatic rings. The first-order chi connectivity index (χ1) is 18.7. The number of aromatic carboxylic acids is 1. The number of carboxylic acid groups (broad SMARTS) is 2. The van der Waals surface area contributed by atoms with Crippen molar-refractivity contribution in [1.29, 1.82) is 0 Å². The van der Waals surface area contributed by atoms with Crippen molar-refractivity contribution in [3.8, 4) is 28.7 Å². The lowest BCUT2D eigenvalue weighted by atomic mass is 10.1. The summed E-state index contributed by atoms with van der Waals surface area (Å²) in [4.78, 5) is 22.9. The van der Waals surface area contributed by atoms with E-state index in [1.807, 2.05) is 0 Å². The van der Waals surface area contributed by atoms with Crippen LogP contribution in [-0.4, -0.2) is 46.6 Å². The van der Waals surface area contributed by atoms with Crippen LogP contribution in [0.5, 0.6) is 17.2 Å². The number of hydrogen-bond donors (Lipinski definition) is 2. The van der Waals surface area contributed by atoms with Crippen LogP contribution in [0.15, 0.2) is 79.7 Å². The molecule has 4 aromatic rings. The van der Waals surface area contributed by atoms with E-state index in [9.17, 15) is 14.7 Å². The maximum Gasteiger partial charge on any atom is 0.342 e. The highest BCUT2D eigenvalue weighted by Crippen LogP contribution is 2.34. The van der Waals surface area contributed by atoms with E-state index < -0.39 is 11.9 Å². The molecule has 1 aromatic heterocycles. The van der Waals surface area contributed by atoms with Gasteiger partial charge in [0.2, 0.25) is 5.89 Å². The Morgan fingerprint density at radius 3 is 2.26 bits per heavy atom. The molecular weight excluding hydrogens is 592 g/mol. The fourth-order valence-electron chi connectivity index (χ4n) is 3.31. The van der Waals surface area contributed by atoms with Gasteiger partial charge in [0.15, 0.2) is 0 Å². The van der Waals surface area contributed by atoms with Crippen LogP contribution in [0.4, 0.5) is 0 Å². The Morgan fingerprint density at radius 2 is 1.67 bits per heavy atom. The molecule has 0 saturated carbocycles. The zero-order valence-electron chi connectivity index (χ0n) is 20.6. The fraction of sp³-hybridized carbons (Fsp3) is 0.111. The molecular formula is C27H21BrN2O8S. The SMILES string of the molecule is COc1cc(OC)cc(-c2nnc(S/C(=C\c3ccc(OCc4ccc(C(=O)O)cc4)c(Br)c3)C(=O)O)o2)c1. The number of carboxylic acids is 2. The van der Waals surface area contributed by atoms with Crippen LogP contribution in [-0.2, 0) is 11.4 Å². The lowest BCUT2D eigenvalue weighted by Gasteiger charge is -2.09. The van der Waals surface area contributed by atoms with Gasteiger partial charge in [0, 0.05) is 11.6 Å². The van der Waals surface area contributed by atoms with E-state index in [0.717, 1.165) is 17.3 Å². The quantitative estimate of drug-likeness (QED) is 0.152. The predicted molar refractivity (Wildman–Crippen MR) is 146 cm³/mol. The molecule has 0 radical (unpaired) electrons. The largest absolute Gasteiger partial charge is 0.497 e. The molecule has 12 heteroatoms. The molecule has 0 spiro atoms. The number of ether oxygens (including phenoxy) is 3. The minimum atomic E-state index is -1.16. The molecule has 3 aromatic carbocycles. The number of methoxy groups -OCH3 is 2. The second-order valence-electron chi connectivity index (χ2n) is 7.87. The topological polar surface area (TPSA) is 141 Å². The molecule has 0 fully saturated rings. The summed E-state index contributed by atoms with van der Waals surface area (Å²) in [5, 5.41) is 26.8. The van der Waals surface area contributed by atoms with Gasteiger partial charge >= 0.3 is 11.9 Å². The number of hydrogen-bond acceptors (Lipinski definition) is 9. The average molecular weight is 613 g/mol. The maximum atomic E-state index is 11.9. The van der Waals surface area contributed by atoms with Gasteiger partial charge in [-0.3, -0.25) is 0 Å². The van der Waals surface area contributed by atoms with Crippen molar-refractivity contribution >= 4 is 45.7 Å². The van der Waals surface area contributed by atoms with Gasteiger partial charge in [-0.2, -0.15) is 0 Å². The minimum absolute atomic E-state index is 0.0347. The average Bonchev–Trinajstić information content (AvgIpc) is 3.40. The van der Waals surface area contributed by atoms with E-state index in [1.54, 1.807) is 48.5 Å². The normalized spacial score (nSPS) is 11.2. The van der Waals surface area contributed by atoms with E-state index in [2.05, 4.69) is 26.1 Å². The fourth-order valence-corrected chi connectivity index (χ4v) is 4.49. The van der Waals surface area contributed by atoms with Crippen molar-refractivity contribution in [3.05, 3.63) is 86.7 Å². The summed E-state index contributed by atoms with van der Waals surface area (Å²) in [6, 6.07) is 16.6. The van der Waals surface area contributed by atoms with E-state index in [4.69, 9.17) is 23.7 Å². The number of benzene rings is 3. The number of carbonyl (C=O) groups is 2. The van der Waals surface area contributed by atoms with Crippen LogP contribution in [0, 0.1) is 0 Å². The highest BCUT2D eigenvalue weighted by molar-refractivity contribution is 9.10.